The molecule has 0 saturated carbocycles. The second-order valence-corrected chi connectivity index (χ2v) is 3.66. The maximum Gasteiger partial charge on any atom is 0.249 e. The second kappa shape index (κ2) is 6.00. The molecule has 2 amide bonds. The first-order valence-corrected chi connectivity index (χ1v) is 5.24. The largest absolute Gasteiger partial charge is 0.372 e. The number of amides is 2. The Morgan fingerprint density at radius 3 is 2.76 bits per heavy atom. The number of rotatable bonds is 5. The SMILES string of the molecule is COC(C)C(=O)NCc1cccc(C(N)=O)c1. The van der Waals surface area contributed by atoms with Crippen molar-refractivity contribution in [2.45, 2.75) is 19.6 Å². The van der Waals surface area contributed by atoms with Gasteiger partial charge >= 0.3 is 0 Å². The predicted octanol–water partition coefficient (Wildman–Crippen LogP) is 0.437. The summed E-state index contributed by atoms with van der Waals surface area (Å²) in [6.07, 6.45) is -0.491. The van der Waals surface area contributed by atoms with E-state index in [1.165, 1.54) is 7.11 Å². The molecule has 17 heavy (non-hydrogen) atoms. The van der Waals surface area contributed by atoms with Crippen LogP contribution >= 0.6 is 0 Å². The van der Waals surface area contributed by atoms with Crippen molar-refractivity contribution < 1.29 is 14.3 Å². The van der Waals surface area contributed by atoms with Crippen molar-refractivity contribution in [3.63, 3.8) is 0 Å². The van der Waals surface area contributed by atoms with E-state index in [9.17, 15) is 9.59 Å². The number of benzene rings is 1. The number of hydrogen-bond donors (Lipinski definition) is 2. The second-order valence-electron chi connectivity index (χ2n) is 3.66. The number of nitrogens with two attached hydrogens (primary N) is 1. The zero-order chi connectivity index (χ0) is 12.8. The Morgan fingerprint density at radius 1 is 1.47 bits per heavy atom. The minimum Gasteiger partial charge on any atom is -0.372 e. The summed E-state index contributed by atoms with van der Waals surface area (Å²) in [6, 6.07) is 6.82. The van der Waals surface area contributed by atoms with Gasteiger partial charge in [0.25, 0.3) is 0 Å². The van der Waals surface area contributed by atoms with Crippen LogP contribution in [0.4, 0.5) is 0 Å². The normalized spacial score (nSPS) is 11.9. The Hall–Kier alpha value is -1.88. The highest BCUT2D eigenvalue weighted by Gasteiger charge is 2.10. The summed E-state index contributed by atoms with van der Waals surface area (Å²) in [5.41, 5.74) is 6.41. The molecule has 1 aromatic rings. The van der Waals surface area contributed by atoms with E-state index in [4.69, 9.17) is 10.5 Å². The Bertz CT molecular complexity index is 418. The molecule has 0 aliphatic carbocycles. The van der Waals surface area contributed by atoms with Gasteiger partial charge in [-0.05, 0) is 24.6 Å². The average Bonchev–Trinajstić information content (AvgIpc) is 2.35. The van der Waals surface area contributed by atoms with Crippen molar-refractivity contribution in [3.8, 4) is 0 Å². The smallest absolute Gasteiger partial charge is 0.249 e. The van der Waals surface area contributed by atoms with Crippen molar-refractivity contribution in [3.05, 3.63) is 35.4 Å². The highest BCUT2D eigenvalue weighted by molar-refractivity contribution is 5.92. The van der Waals surface area contributed by atoms with E-state index in [1.807, 2.05) is 6.07 Å². The quantitative estimate of drug-likeness (QED) is 0.778. The summed E-state index contributed by atoms with van der Waals surface area (Å²) in [5, 5.41) is 2.70. The Kier molecular flexibility index (Phi) is 4.66. The molecule has 5 nitrogen and oxygen atoms in total. The molecular formula is C12H16N2O3. The maximum absolute atomic E-state index is 11.4. The predicted molar refractivity (Wildman–Crippen MR) is 63.3 cm³/mol. The van der Waals surface area contributed by atoms with E-state index in [0.29, 0.717) is 12.1 Å². The van der Waals surface area contributed by atoms with Gasteiger partial charge in [0.1, 0.15) is 6.10 Å². The van der Waals surface area contributed by atoms with E-state index < -0.39 is 12.0 Å². The fourth-order valence-electron chi connectivity index (χ4n) is 1.27. The van der Waals surface area contributed by atoms with Crippen LogP contribution in [0.2, 0.25) is 0 Å². The molecule has 3 N–H and O–H groups in total. The van der Waals surface area contributed by atoms with Crippen LogP contribution in [-0.4, -0.2) is 25.0 Å². The first-order chi connectivity index (χ1) is 8.04. The number of methoxy groups -OCH3 is 1. The lowest BCUT2D eigenvalue weighted by atomic mass is 10.1. The number of hydrogen-bond acceptors (Lipinski definition) is 3. The third-order valence-corrected chi connectivity index (χ3v) is 2.40. The van der Waals surface area contributed by atoms with E-state index in [2.05, 4.69) is 5.32 Å². The van der Waals surface area contributed by atoms with Crippen LogP contribution < -0.4 is 11.1 Å². The zero-order valence-electron chi connectivity index (χ0n) is 9.90. The van der Waals surface area contributed by atoms with Crippen LogP contribution in [-0.2, 0) is 16.1 Å². The standard InChI is InChI=1S/C12H16N2O3/c1-8(17-2)12(16)14-7-9-4-3-5-10(6-9)11(13)15/h3-6,8H,7H2,1-2H3,(H2,13,15)(H,14,16). The van der Waals surface area contributed by atoms with Crippen LogP contribution in [0.1, 0.15) is 22.8 Å². The van der Waals surface area contributed by atoms with E-state index >= 15 is 0 Å². The summed E-state index contributed by atoms with van der Waals surface area (Å²) >= 11 is 0. The van der Waals surface area contributed by atoms with Gasteiger partial charge in [0.15, 0.2) is 0 Å². The van der Waals surface area contributed by atoms with Gasteiger partial charge in [-0.2, -0.15) is 0 Å². The number of primary amides is 1. The van der Waals surface area contributed by atoms with E-state index in [1.54, 1.807) is 25.1 Å². The average molecular weight is 236 g/mol. The summed E-state index contributed by atoms with van der Waals surface area (Å²) in [4.78, 5) is 22.4. The Labute approximate surface area is 99.9 Å². The van der Waals surface area contributed by atoms with Gasteiger partial charge in [0.05, 0.1) is 0 Å². The molecule has 0 spiro atoms. The molecule has 1 atom stereocenters. The minimum atomic E-state index is -0.491. The molecule has 0 radical (unpaired) electrons. The van der Waals surface area contributed by atoms with Gasteiger partial charge in [0, 0.05) is 19.2 Å². The summed E-state index contributed by atoms with van der Waals surface area (Å²) < 4.78 is 4.88. The number of nitrogens with one attached hydrogen (secondary N) is 1. The summed E-state index contributed by atoms with van der Waals surface area (Å²) in [5.74, 6) is -0.680. The number of ether oxygens (including phenoxy) is 1. The molecule has 92 valence electrons. The highest BCUT2D eigenvalue weighted by Crippen LogP contribution is 2.04. The lowest BCUT2D eigenvalue weighted by Crippen LogP contribution is -2.33. The van der Waals surface area contributed by atoms with Crippen molar-refractivity contribution in [2.24, 2.45) is 5.73 Å². The van der Waals surface area contributed by atoms with Gasteiger partial charge < -0.3 is 15.8 Å². The van der Waals surface area contributed by atoms with Gasteiger partial charge in [-0.3, -0.25) is 9.59 Å². The van der Waals surface area contributed by atoms with Crippen LogP contribution in [0.5, 0.6) is 0 Å². The monoisotopic (exact) mass is 236 g/mol. The fourth-order valence-corrected chi connectivity index (χ4v) is 1.27. The number of carbonyl (C=O) groups excluding carboxylic acids is 2. The van der Waals surface area contributed by atoms with Crippen molar-refractivity contribution in [1.82, 2.24) is 5.32 Å². The van der Waals surface area contributed by atoms with Gasteiger partial charge in [-0.1, -0.05) is 12.1 Å². The molecule has 1 aromatic carbocycles. The molecule has 0 fully saturated rings. The van der Waals surface area contributed by atoms with Crippen molar-refractivity contribution in [2.75, 3.05) is 7.11 Å². The molecule has 5 heteroatoms. The van der Waals surface area contributed by atoms with Gasteiger partial charge in [-0.15, -0.1) is 0 Å². The summed E-state index contributed by atoms with van der Waals surface area (Å²) in [6.45, 7) is 2.00. The van der Waals surface area contributed by atoms with Crippen LogP contribution in [0.3, 0.4) is 0 Å². The molecule has 0 saturated heterocycles. The lowest BCUT2D eigenvalue weighted by molar-refractivity contribution is -0.130. The van der Waals surface area contributed by atoms with Crippen LogP contribution in [0, 0.1) is 0 Å². The molecule has 0 aliphatic heterocycles. The van der Waals surface area contributed by atoms with Crippen molar-refractivity contribution in [1.29, 1.82) is 0 Å². The Morgan fingerprint density at radius 2 is 2.18 bits per heavy atom. The van der Waals surface area contributed by atoms with Crippen LogP contribution in [0.25, 0.3) is 0 Å². The molecule has 1 unspecified atom stereocenters. The third kappa shape index (κ3) is 3.88. The highest BCUT2D eigenvalue weighted by atomic mass is 16.5. The lowest BCUT2D eigenvalue weighted by Gasteiger charge is -2.10. The van der Waals surface area contributed by atoms with E-state index in [0.717, 1.165) is 5.56 Å². The van der Waals surface area contributed by atoms with Crippen molar-refractivity contribution >= 4 is 11.8 Å². The Balaban J connectivity index is 2.60. The summed E-state index contributed by atoms with van der Waals surface area (Å²) in [7, 11) is 1.47. The third-order valence-electron chi connectivity index (χ3n) is 2.40. The van der Waals surface area contributed by atoms with Gasteiger partial charge in [-0.25, -0.2) is 0 Å². The molecule has 0 aliphatic rings. The van der Waals surface area contributed by atoms with E-state index in [-0.39, 0.29) is 5.91 Å². The molecule has 1 rings (SSSR count). The molecular weight excluding hydrogens is 220 g/mol. The topological polar surface area (TPSA) is 81.4 Å². The fraction of sp³-hybridized carbons (Fsp3) is 0.333. The first kappa shape index (κ1) is 13.2. The first-order valence-electron chi connectivity index (χ1n) is 5.24. The van der Waals surface area contributed by atoms with Gasteiger partial charge in [0.2, 0.25) is 11.8 Å². The maximum atomic E-state index is 11.4. The number of carbonyl (C=O) groups is 2. The molecule has 0 heterocycles. The molecule has 0 bridgehead atoms. The molecule has 0 aromatic heterocycles. The van der Waals surface area contributed by atoms with Crippen LogP contribution in [0.15, 0.2) is 24.3 Å². The minimum absolute atomic E-state index is 0.197. The zero-order valence-corrected chi connectivity index (χ0v) is 9.90.